The zero-order valence-corrected chi connectivity index (χ0v) is 14.7. The van der Waals surface area contributed by atoms with Crippen LogP contribution in [0.5, 0.6) is 0 Å². The molecule has 3 rings (SSSR count). The van der Waals surface area contributed by atoms with Crippen molar-refractivity contribution in [2.24, 2.45) is 0 Å². The molecule has 0 saturated heterocycles. The Morgan fingerprint density at radius 1 is 1.15 bits per heavy atom. The van der Waals surface area contributed by atoms with E-state index in [1.165, 1.54) is 29.8 Å². The standard InChI is InChI=1S/C20H18N2O5/c1-2-3-4-13-5-7-15(8-6-13)21-19(23)17-12-14-11-16(22(25)26)9-10-18(14)27-20(17)24/h5-12H,2-4H2,1H3,(H,21,23). The first-order chi connectivity index (χ1) is 13.0. The Bertz CT molecular complexity index is 1050. The van der Waals surface area contributed by atoms with Crippen LogP contribution in [0.1, 0.15) is 35.7 Å². The van der Waals surface area contributed by atoms with Gasteiger partial charge in [-0.05, 0) is 42.7 Å². The third-order valence-electron chi connectivity index (χ3n) is 4.20. The smallest absolute Gasteiger partial charge is 0.349 e. The number of nitrogens with one attached hydrogen (secondary N) is 1. The summed E-state index contributed by atoms with van der Waals surface area (Å²) in [6.45, 7) is 2.12. The normalized spacial score (nSPS) is 10.7. The molecule has 2 aromatic carbocycles. The van der Waals surface area contributed by atoms with Crippen molar-refractivity contribution in [1.29, 1.82) is 0 Å². The second-order valence-corrected chi connectivity index (χ2v) is 6.18. The highest BCUT2D eigenvalue weighted by atomic mass is 16.6. The van der Waals surface area contributed by atoms with Crippen LogP contribution in [0.2, 0.25) is 0 Å². The van der Waals surface area contributed by atoms with E-state index in [0.717, 1.165) is 19.3 Å². The second kappa shape index (κ2) is 7.82. The Morgan fingerprint density at radius 3 is 2.56 bits per heavy atom. The summed E-state index contributed by atoms with van der Waals surface area (Å²) in [4.78, 5) is 34.9. The molecule has 0 fully saturated rings. The number of aryl methyl sites for hydroxylation is 1. The number of amides is 1. The van der Waals surface area contributed by atoms with E-state index in [1.807, 2.05) is 12.1 Å². The number of carbonyl (C=O) groups excluding carboxylic acids is 1. The minimum atomic E-state index is -0.798. The zero-order valence-electron chi connectivity index (χ0n) is 14.7. The predicted molar refractivity (Wildman–Crippen MR) is 102 cm³/mol. The quantitative estimate of drug-likeness (QED) is 0.398. The largest absolute Gasteiger partial charge is 0.422 e. The van der Waals surface area contributed by atoms with Gasteiger partial charge in [-0.1, -0.05) is 25.5 Å². The van der Waals surface area contributed by atoms with Crippen LogP contribution >= 0.6 is 0 Å². The van der Waals surface area contributed by atoms with Gasteiger partial charge in [-0.25, -0.2) is 4.79 Å². The van der Waals surface area contributed by atoms with Gasteiger partial charge in [0.05, 0.1) is 4.92 Å². The summed E-state index contributed by atoms with van der Waals surface area (Å²) in [5, 5.41) is 13.9. The monoisotopic (exact) mass is 366 g/mol. The second-order valence-electron chi connectivity index (χ2n) is 6.18. The van der Waals surface area contributed by atoms with Crippen LogP contribution in [0.3, 0.4) is 0 Å². The molecule has 1 heterocycles. The molecule has 138 valence electrons. The Morgan fingerprint density at radius 2 is 1.89 bits per heavy atom. The molecule has 0 spiro atoms. The lowest BCUT2D eigenvalue weighted by Gasteiger charge is -2.07. The molecule has 0 saturated carbocycles. The summed E-state index contributed by atoms with van der Waals surface area (Å²) >= 11 is 0. The summed E-state index contributed by atoms with van der Waals surface area (Å²) in [7, 11) is 0. The molecular formula is C20H18N2O5. The fourth-order valence-electron chi connectivity index (χ4n) is 2.72. The van der Waals surface area contributed by atoms with Crippen LogP contribution < -0.4 is 10.9 Å². The summed E-state index contributed by atoms with van der Waals surface area (Å²) in [5.74, 6) is -0.626. The van der Waals surface area contributed by atoms with Crippen LogP contribution in [0, 0.1) is 10.1 Å². The van der Waals surface area contributed by atoms with Crippen molar-refractivity contribution in [3.8, 4) is 0 Å². The lowest BCUT2D eigenvalue weighted by atomic mass is 10.1. The van der Waals surface area contributed by atoms with Crippen molar-refractivity contribution in [3.05, 3.63) is 80.2 Å². The van der Waals surface area contributed by atoms with Crippen molar-refractivity contribution in [2.45, 2.75) is 26.2 Å². The Balaban J connectivity index is 1.85. The van der Waals surface area contributed by atoms with Crippen molar-refractivity contribution in [1.82, 2.24) is 0 Å². The SMILES string of the molecule is CCCCc1ccc(NC(=O)c2cc3cc([N+](=O)[O-])ccc3oc2=O)cc1. The van der Waals surface area contributed by atoms with Crippen molar-refractivity contribution < 1.29 is 14.1 Å². The highest BCUT2D eigenvalue weighted by Crippen LogP contribution is 2.21. The number of hydrogen-bond donors (Lipinski definition) is 1. The van der Waals surface area contributed by atoms with Crippen LogP contribution in [0.15, 0.2) is 57.7 Å². The van der Waals surface area contributed by atoms with Crippen molar-refractivity contribution in [3.63, 3.8) is 0 Å². The molecule has 3 aromatic rings. The van der Waals surface area contributed by atoms with Crippen molar-refractivity contribution in [2.75, 3.05) is 5.32 Å². The van der Waals surface area contributed by atoms with E-state index in [1.54, 1.807) is 12.1 Å². The molecule has 0 radical (unpaired) electrons. The number of unbranched alkanes of at least 4 members (excludes halogenated alkanes) is 1. The van der Waals surface area contributed by atoms with Gasteiger partial charge in [-0.2, -0.15) is 0 Å². The third kappa shape index (κ3) is 4.20. The van der Waals surface area contributed by atoms with E-state index < -0.39 is 16.5 Å². The number of fused-ring (bicyclic) bond motifs is 1. The number of nitro benzene ring substituents is 1. The number of rotatable bonds is 6. The fraction of sp³-hybridized carbons (Fsp3) is 0.200. The Hall–Kier alpha value is -3.48. The third-order valence-corrected chi connectivity index (χ3v) is 4.20. The van der Waals surface area contributed by atoms with Crippen LogP contribution in [0.4, 0.5) is 11.4 Å². The molecule has 0 unspecified atom stereocenters. The maximum atomic E-state index is 12.4. The lowest BCUT2D eigenvalue weighted by molar-refractivity contribution is -0.384. The zero-order chi connectivity index (χ0) is 19.4. The van der Waals surface area contributed by atoms with Gasteiger partial charge < -0.3 is 9.73 Å². The highest BCUT2D eigenvalue weighted by molar-refractivity contribution is 6.05. The Kier molecular flexibility index (Phi) is 5.30. The average molecular weight is 366 g/mol. The maximum Gasteiger partial charge on any atom is 0.349 e. The Labute approximate surface area is 154 Å². The van der Waals surface area contributed by atoms with E-state index in [4.69, 9.17) is 4.42 Å². The van der Waals surface area contributed by atoms with Gasteiger partial charge in [-0.15, -0.1) is 0 Å². The fourth-order valence-corrected chi connectivity index (χ4v) is 2.72. The van der Waals surface area contributed by atoms with E-state index >= 15 is 0 Å². The number of non-ortho nitro benzene ring substituents is 1. The average Bonchev–Trinajstić information content (AvgIpc) is 2.66. The molecule has 7 nitrogen and oxygen atoms in total. The lowest BCUT2D eigenvalue weighted by Crippen LogP contribution is -2.20. The summed E-state index contributed by atoms with van der Waals surface area (Å²) in [6, 6.07) is 12.6. The van der Waals surface area contributed by atoms with Crippen molar-refractivity contribution >= 4 is 28.3 Å². The van der Waals surface area contributed by atoms with Gasteiger partial charge in [0, 0.05) is 23.2 Å². The molecule has 0 atom stereocenters. The van der Waals surface area contributed by atoms with Crippen LogP contribution in [0.25, 0.3) is 11.0 Å². The summed E-state index contributed by atoms with van der Waals surface area (Å²) < 4.78 is 5.11. The minimum Gasteiger partial charge on any atom is -0.422 e. The number of hydrogen-bond acceptors (Lipinski definition) is 5. The molecule has 1 N–H and O–H groups in total. The number of anilines is 1. The molecule has 1 aromatic heterocycles. The van der Waals surface area contributed by atoms with E-state index in [9.17, 15) is 19.7 Å². The van der Waals surface area contributed by atoms with Gasteiger partial charge >= 0.3 is 5.63 Å². The van der Waals surface area contributed by atoms with Gasteiger partial charge in [0.25, 0.3) is 11.6 Å². The first-order valence-corrected chi connectivity index (χ1v) is 8.60. The predicted octanol–water partition coefficient (Wildman–Crippen LogP) is 4.30. The van der Waals surface area contributed by atoms with Crippen LogP contribution in [-0.4, -0.2) is 10.8 Å². The number of benzene rings is 2. The summed E-state index contributed by atoms with van der Waals surface area (Å²) in [6.07, 6.45) is 3.17. The van der Waals surface area contributed by atoms with Gasteiger partial charge in [-0.3, -0.25) is 14.9 Å². The van der Waals surface area contributed by atoms with E-state index in [2.05, 4.69) is 12.2 Å². The highest BCUT2D eigenvalue weighted by Gasteiger charge is 2.16. The molecule has 0 aliphatic rings. The first-order valence-electron chi connectivity index (χ1n) is 8.60. The van der Waals surface area contributed by atoms with E-state index in [-0.39, 0.29) is 16.8 Å². The number of nitro groups is 1. The number of carbonyl (C=O) groups is 1. The minimum absolute atomic E-state index is 0.148. The molecule has 0 bridgehead atoms. The molecule has 27 heavy (non-hydrogen) atoms. The van der Waals surface area contributed by atoms with E-state index in [0.29, 0.717) is 11.1 Å². The van der Waals surface area contributed by atoms with Gasteiger partial charge in [0.1, 0.15) is 11.1 Å². The summed E-state index contributed by atoms with van der Waals surface area (Å²) in [5.41, 5.74) is 0.755. The van der Waals surface area contributed by atoms with Gasteiger partial charge in [0.2, 0.25) is 0 Å². The van der Waals surface area contributed by atoms with Gasteiger partial charge in [0.15, 0.2) is 0 Å². The topological polar surface area (TPSA) is 102 Å². The molecule has 1 amide bonds. The number of nitrogens with zero attached hydrogens (tertiary/aromatic N) is 1. The van der Waals surface area contributed by atoms with Crippen LogP contribution in [-0.2, 0) is 6.42 Å². The molecule has 0 aliphatic carbocycles. The molecule has 7 heteroatoms. The maximum absolute atomic E-state index is 12.4. The first kappa shape index (κ1) is 18.3. The molecular weight excluding hydrogens is 348 g/mol. The molecule has 0 aliphatic heterocycles.